The lowest BCUT2D eigenvalue weighted by Gasteiger charge is -2.18. The molecule has 1 amide bonds. The van der Waals surface area contributed by atoms with E-state index in [-0.39, 0.29) is 16.2 Å². The van der Waals surface area contributed by atoms with Crippen molar-refractivity contribution >= 4 is 21.6 Å². The van der Waals surface area contributed by atoms with E-state index in [0.717, 1.165) is 0 Å². The smallest absolute Gasteiger partial charge is 0.387 e. The van der Waals surface area contributed by atoms with E-state index in [0.29, 0.717) is 18.8 Å². The largest absolute Gasteiger partial charge is 0.435 e. The molecule has 0 saturated carbocycles. The number of benzene rings is 2. The molecule has 27 heavy (non-hydrogen) atoms. The van der Waals surface area contributed by atoms with E-state index >= 15 is 0 Å². The fourth-order valence-electron chi connectivity index (χ4n) is 2.44. The fourth-order valence-corrected chi connectivity index (χ4v) is 3.94. The summed E-state index contributed by atoms with van der Waals surface area (Å²) in [5.74, 6) is -0.565. The lowest BCUT2D eigenvalue weighted by Crippen LogP contribution is -2.30. The lowest BCUT2D eigenvalue weighted by atomic mass is 10.2. The zero-order valence-corrected chi connectivity index (χ0v) is 15.7. The first-order chi connectivity index (χ1) is 12.8. The Kier molecular flexibility index (Phi) is 6.86. The lowest BCUT2D eigenvalue weighted by molar-refractivity contribution is -0.0498. The molecule has 146 valence electrons. The molecule has 1 N–H and O–H groups in total. The van der Waals surface area contributed by atoms with Crippen LogP contribution < -0.4 is 10.1 Å². The van der Waals surface area contributed by atoms with Crippen LogP contribution >= 0.6 is 0 Å². The highest BCUT2D eigenvalue weighted by Crippen LogP contribution is 2.21. The summed E-state index contributed by atoms with van der Waals surface area (Å²) in [5.41, 5.74) is 0.523. The molecule has 0 atom stereocenters. The van der Waals surface area contributed by atoms with Crippen LogP contribution in [0.3, 0.4) is 0 Å². The molecule has 0 aliphatic heterocycles. The summed E-state index contributed by atoms with van der Waals surface area (Å²) >= 11 is 0. The van der Waals surface area contributed by atoms with E-state index in [4.69, 9.17) is 0 Å². The number of sulfonamides is 1. The van der Waals surface area contributed by atoms with Crippen LogP contribution in [-0.4, -0.2) is 38.3 Å². The van der Waals surface area contributed by atoms with Crippen LogP contribution in [0, 0.1) is 0 Å². The summed E-state index contributed by atoms with van der Waals surface area (Å²) in [4.78, 5) is 12.4. The Morgan fingerprint density at radius 1 is 1.11 bits per heavy atom. The third-order valence-electron chi connectivity index (χ3n) is 3.78. The highest BCUT2D eigenvalue weighted by molar-refractivity contribution is 7.89. The van der Waals surface area contributed by atoms with Gasteiger partial charge in [-0.15, -0.1) is 0 Å². The normalized spacial score (nSPS) is 11.6. The first-order valence-electron chi connectivity index (χ1n) is 8.24. The summed E-state index contributed by atoms with van der Waals surface area (Å²) < 4.78 is 55.0. The molecule has 0 heterocycles. The Labute approximate surface area is 156 Å². The molecule has 0 aliphatic rings. The van der Waals surface area contributed by atoms with Crippen molar-refractivity contribution in [2.75, 3.05) is 18.4 Å². The number of ether oxygens (including phenoxy) is 1. The predicted octanol–water partition coefficient (Wildman–Crippen LogP) is 3.57. The van der Waals surface area contributed by atoms with Gasteiger partial charge in [0.15, 0.2) is 0 Å². The average molecular weight is 398 g/mol. The number of halogens is 2. The van der Waals surface area contributed by atoms with Gasteiger partial charge in [0.05, 0.1) is 4.90 Å². The van der Waals surface area contributed by atoms with Gasteiger partial charge in [0.25, 0.3) is 5.91 Å². The summed E-state index contributed by atoms with van der Waals surface area (Å²) in [6.45, 7) is 1.22. The summed E-state index contributed by atoms with van der Waals surface area (Å²) in [7, 11) is -3.65. The maximum Gasteiger partial charge on any atom is 0.387 e. The maximum absolute atomic E-state index is 12.6. The van der Waals surface area contributed by atoms with Crippen molar-refractivity contribution in [3.05, 3.63) is 54.1 Å². The maximum atomic E-state index is 12.6. The Bertz CT molecular complexity index is 882. The number of nitrogens with zero attached hydrogens (tertiary/aromatic N) is 1. The fraction of sp³-hybridized carbons (Fsp3) is 0.278. The molecule has 2 rings (SSSR count). The number of anilines is 1. The summed E-state index contributed by atoms with van der Waals surface area (Å²) in [6.07, 6.45) is 0. The van der Waals surface area contributed by atoms with Gasteiger partial charge in [-0.25, -0.2) is 8.42 Å². The second kappa shape index (κ2) is 8.92. The van der Waals surface area contributed by atoms with Crippen LogP contribution in [0.4, 0.5) is 14.5 Å². The van der Waals surface area contributed by atoms with Gasteiger partial charge in [-0.3, -0.25) is 4.79 Å². The number of amides is 1. The minimum atomic E-state index is -3.65. The SMILES string of the molecule is CCN(CC)S(=O)(=O)c1cccc(NC(=O)c2ccc(OC(F)F)cc2)c1. The standard InChI is InChI=1S/C18H20F2N2O4S/c1-3-22(4-2)27(24,25)16-7-5-6-14(12-16)21-17(23)13-8-10-15(11-9-13)26-18(19)20/h5-12,18H,3-4H2,1-2H3,(H,21,23). The molecule has 0 unspecified atom stereocenters. The van der Waals surface area contributed by atoms with E-state index in [9.17, 15) is 22.0 Å². The number of hydrogen-bond donors (Lipinski definition) is 1. The van der Waals surface area contributed by atoms with Crippen molar-refractivity contribution in [3.63, 3.8) is 0 Å². The zero-order valence-electron chi connectivity index (χ0n) is 14.9. The Hall–Kier alpha value is -2.52. The molecule has 6 nitrogen and oxygen atoms in total. The second-order valence-electron chi connectivity index (χ2n) is 5.47. The van der Waals surface area contributed by atoms with Crippen molar-refractivity contribution < 1.29 is 26.7 Å². The number of carbonyl (C=O) groups is 1. The van der Waals surface area contributed by atoms with Gasteiger partial charge in [0, 0.05) is 24.3 Å². The summed E-state index contributed by atoms with van der Waals surface area (Å²) in [5, 5.41) is 2.60. The molecular weight excluding hydrogens is 378 g/mol. The minimum absolute atomic E-state index is 0.0612. The van der Waals surface area contributed by atoms with Crippen LogP contribution in [-0.2, 0) is 10.0 Å². The highest BCUT2D eigenvalue weighted by Gasteiger charge is 2.22. The predicted molar refractivity (Wildman–Crippen MR) is 97.6 cm³/mol. The molecule has 2 aromatic carbocycles. The van der Waals surface area contributed by atoms with Crippen LogP contribution in [0.1, 0.15) is 24.2 Å². The minimum Gasteiger partial charge on any atom is -0.435 e. The van der Waals surface area contributed by atoms with Crippen molar-refractivity contribution in [1.29, 1.82) is 0 Å². The van der Waals surface area contributed by atoms with E-state index in [1.54, 1.807) is 19.9 Å². The number of nitrogens with one attached hydrogen (secondary N) is 1. The highest BCUT2D eigenvalue weighted by atomic mass is 32.2. The van der Waals surface area contributed by atoms with Crippen molar-refractivity contribution in [2.24, 2.45) is 0 Å². The third kappa shape index (κ3) is 5.24. The average Bonchev–Trinajstić information content (AvgIpc) is 2.63. The number of alkyl halides is 2. The molecule has 0 aliphatic carbocycles. The van der Waals surface area contributed by atoms with Crippen molar-refractivity contribution in [2.45, 2.75) is 25.4 Å². The van der Waals surface area contributed by atoms with Gasteiger partial charge < -0.3 is 10.1 Å². The van der Waals surface area contributed by atoms with Crippen LogP contribution in [0.25, 0.3) is 0 Å². The van der Waals surface area contributed by atoms with Crippen molar-refractivity contribution in [1.82, 2.24) is 4.31 Å². The zero-order chi connectivity index (χ0) is 20.0. The number of hydrogen-bond acceptors (Lipinski definition) is 4. The molecule has 0 fully saturated rings. The Morgan fingerprint density at radius 3 is 2.30 bits per heavy atom. The topological polar surface area (TPSA) is 75.7 Å². The number of carbonyl (C=O) groups excluding carboxylic acids is 1. The molecule has 0 spiro atoms. The first kappa shape index (κ1) is 20.8. The molecular formula is C18H20F2N2O4S. The van der Waals surface area contributed by atoms with Gasteiger partial charge in [0.2, 0.25) is 10.0 Å². The quantitative estimate of drug-likeness (QED) is 0.738. The molecule has 0 radical (unpaired) electrons. The van der Waals surface area contributed by atoms with E-state index < -0.39 is 22.5 Å². The number of rotatable bonds is 8. The van der Waals surface area contributed by atoms with Gasteiger partial charge in [-0.1, -0.05) is 19.9 Å². The van der Waals surface area contributed by atoms with Crippen LogP contribution in [0.15, 0.2) is 53.4 Å². The van der Waals surface area contributed by atoms with E-state index in [2.05, 4.69) is 10.1 Å². The van der Waals surface area contributed by atoms with E-state index in [1.807, 2.05) is 0 Å². The molecule has 2 aromatic rings. The van der Waals surface area contributed by atoms with Gasteiger partial charge >= 0.3 is 6.61 Å². The monoisotopic (exact) mass is 398 g/mol. The van der Waals surface area contributed by atoms with Gasteiger partial charge in [-0.05, 0) is 42.5 Å². The van der Waals surface area contributed by atoms with Gasteiger partial charge in [-0.2, -0.15) is 13.1 Å². The first-order valence-corrected chi connectivity index (χ1v) is 9.68. The van der Waals surface area contributed by atoms with Gasteiger partial charge in [0.1, 0.15) is 5.75 Å². The Morgan fingerprint density at radius 2 is 1.74 bits per heavy atom. The summed E-state index contributed by atoms with van der Waals surface area (Å²) in [6, 6.07) is 11.1. The molecule has 0 bridgehead atoms. The molecule has 0 aromatic heterocycles. The molecule has 0 saturated heterocycles. The Balaban J connectivity index is 2.17. The van der Waals surface area contributed by atoms with E-state index in [1.165, 1.54) is 46.8 Å². The molecule has 9 heteroatoms. The third-order valence-corrected chi connectivity index (χ3v) is 5.82. The van der Waals surface area contributed by atoms with Crippen molar-refractivity contribution in [3.8, 4) is 5.75 Å². The van der Waals surface area contributed by atoms with Crippen LogP contribution in [0.5, 0.6) is 5.75 Å². The second-order valence-corrected chi connectivity index (χ2v) is 7.41. The van der Waals surface area contributed by atoms with Crippen LogP contribution in [0.2, 0.25) is 0 Å².